The van der Waals surface area contributed by atoms with Crippen LogP contribution in [0.5, 0.6) is 0 Å². The van der Waals surface area contributed by atoms with Crippen LogP contribution in [-0.4, -0.2) is 35.4 Å². The quantitative estimate of drug-likeness (QED) is 0.377. The number of likely N-dealkylation sites (tertiary alicyclic amines) is 1. The Hall–Kier alpha value is -3.00. The topological polar surface area (TPSA) is 102 Å². The molecule has 2 heterocycles. The molecule has 0 radical (unpaired) electrons. The lowest BCUT2D eigenvalue weighted by molar-refractivity contribution is -0.616. The summed E-state index contributed by atoms with van der Waals surface area (Å²) in [5, 5.41) is 25.7. The Balaban J connectivity index is 1.57. The van der Waals surface area contributed by atoms with Crippen molar-refractivity contribution in [2.75, 3.05) is 25.0 Å². The van der Waals surface area contributed by atoms with Crippen LogP contribution in [-0.2, 0) is 4.79 Å². The second kappa shape index (κ2) is 8.13. The lowest BCUT2D eigenvalue weighted by Gasteiger charge is -2.30. The molecule has 1 N–H and O–H groups in total. The highest BCUT2D eigenvalue weighted by Crippen LogP contribution is 2.27. The predicted octanol–water partition coefficient (Wildman–Crippen LogP) is 2.35. The molecule has 1 saturated heterocycles. The lowest BCUT2D eigenvalue weighted by atomic mass is 9.93. The Morgan fingerprint density at radius 2 is 2.04 bits per heavy atom. The third kappa shape index (κ3) is 4.59. The molecule has 0 bridgehead atoms. The minimum absolute atomic E-state index is 0.114. The maximum Gasteiger partial charge on any atom is 0.292 e. The Bertz CT molecular complexity index is 847. The molecule has 1 aliphatic rings. The van der Waals surface area contributed by atoms with Gasteiger partial charge in [0, 0.05) is 24.1 Å². The zero-order valence-corrected chi connectivity index (χ0v) is 15.1. The van der Waals surface area contributed by atoms with Crippen molar-refractivity contribution in [2.24, 2.45) is 0 Å². The standard InChI is InChI=1S/C19H22N4O4/c1-14-5-6-18(23(26)27)16(12-14)20-19(24)13-21-10-7-15(8-11-21)17-4-2-3-9-22(17)25/h2-6,9,12,15H,7-8,10-11,13H2,1H3,(H,20,24). The van der Waals surface area contributed by atoms with Gasteiger partial charge < -0.3 is 10.5 Å². The molecule has 0 unspecified atom stereocenters. The van der Waals surface area contributed by atoms with Gasteiger partial charge in [0.25, 0.3) is 5.69 Å². The minimum atomic E-state index is -0.501. The van der Waals surface area contributed by atoms with Gasteiger partial charge in [-0.05, 0) is 44.5 Å². The maximum atomic E-state index is 12.3. The molecule has 2 aromatic rings. The van der Waals surface area contributed by atoms with Crippen LogP contribution in [0.2, 0.25) is 0 Å². The van der Waals surface area contributed by atoms with Gasteiger partial charge in [0.05, 0.1) is 11.5 Å². The van der Waals surface area contributed by atoms with Gasteiger partial charge in [-0.3, -0.25) is 19.8 Å². The van der Waals surface area contributed by atoms with E-state index in [1.165, 1.54) is 12.3 Å². The normalized spacial score (nSPS) is 15.4. The van der Waals surface area contributed by atoms with Crippen LogP contribution in [0, 0.1) is 22.2 Å². The van der Waals surface area contributed by atoms with E-state index in [4.69, 9.17) is 0 Å². The average molecular weight is 370 g/mol. The van der Waals surface area contributed by atoms with E-state index in [2.05, 4.69) is 5.32 Å². The summed E-state index contributed by atoms with van der Waals surface area (Å²) in [6.07, 6.45) is 3.10. The van der Waals surface area contributed by atoms with Crippen molar-refractivity contribution in [1.82, 2.24) is 4.90 Å². The van der Waals surface area contributed by atoms with Crippen molar-refractivity contribution in [3.63, 3.8) is 0 Å². The van der Waals surface area contributed by atoms with Gasteiger partial charge in [-0.1, -0.05) is 12.1 Å². The molecule has 27 heavy (non-hydrogen) atoms. The molecule has 3 rings (SSSR count). The number of nitro groups is 1. The number of aromatic nitrogens is 1. The number of carbonyl (C=O) groups excluding carboxylic acids is 1. The lowest BCUT2D eigenvalue weighted by Crippen LogP contribution is -2.41. The van der Waals surface area contributed by atoms with Crippen molar-refractivity contribution < 1.29 is 14.4 Å². The minimum Gasteiger partial charge on any atom is -0.618 e. The summed E-state index contributed by atoms with van der Waals surface area (Å²) in [6, 6.07) is 10.1. The average Bonchev–Trinajstić information content (AvgIpc) is 2.62. The first-order valence-corrected chi connectivity index (χ1v) is 8.89. The van der Waals surface area contributed by atoms with Crippen LogP contribution in [0.25, 0.3) is 0 Å². The highest BCUT2D eigenvalue weighted by molar-refractivity contribution is 5.94. The number of hydrogen-bond acceptors (Lipinski definition) is 5. The summed E-state index contributed by atoms with van der Waals surface area (Å²) < 4.78 is 0.907. The van der Waals surface area contributed by atoms with E-state index in [9.17, 15) is 20.1 Å². The van der Waals surface area contributed by atoms with E-state index in [-0.39, 0.29) is 29.7 Å². The number of aryl methyl sites for hydroxylation is 1. The number of nitro benzene ring substituents is 1. The molecule has 1 aromatic carbocycles. The zero-order chi connectivity index (χ0) is 19.4. The van der Waals surface area contributed by atoms with Crippen molar-refractivity contribution in [3.05, 3.63) is 69.2 Å². The monoisotopic (exact) mass is 370 g/mol. The summed E-state index contributed by atoms with van der Waals surface area (Å²) >= 11 is 0. The Morgan fingerprint density at radius 3 is 2.70 bits per heavy atom. The molecule has 8 nitrogen and oxygen atoms in total. The molecule has 0 saturated carbocycles. The number of nitrogens with zero attached hydrogens (tertiary/aromatic N) is 3. The second-order valence-electron chi connectivity index (χ2n) is 6.83. The summed E-state index contributed by atoms with van der Waals surface area (Å²) in [7, 11) is 0. The largest absolute Gasteiger partial charge is 0.618 e. The number of rotatable bonds is 5. The van der Waals surface area contributed by atoms with Crippen LogP contribution in [0.1, 0.15) is 30.0 Å². The fourth-order valence-electron chi connectivity index (χ4n) is 3.45. The van der Waals surface area contributed by atoms with Crippen LogP contribution < -0.4 is 10.0 Å². The SMILES string of the molecule is Cc1ccc([N+](=O)[O-])c(NC(=O)CN2CCC(c3cccc[n+]3[O-])CC2)c1. The van der Waals surface area contributed by atoms with Gasteiger partial charge in [-0.2, -0.15) is 4.73 Å². The van der Waals surface area contributed by atoms with E-state index in [1.807, 2.05) is 24.0 Å². The van der Waals surface area contributed by atoms with Crippen molar-refractivity contribution in [1.29, 1.82) is 0 Å². The van der Waals surface area contributed by atoms with Crippen LogP contribution in [0.3, 0.4) is 0 Å². The Kier molecular flexibility index (Phi) is 5.66. The molecular formula is C19H22N4O4. The summed E-state index contributed by atoms with van der Waals surface area (Å²) in [5.41, 5.74) is 1.70. The molecule has 0 aliphatic carbocycles. The van der Waals surface area contributed by atoms with Crippen LogP contribution in [0.4, 0.5) is 11.4 Å². The first-order valence-electron chi connectivity index (χ1n) is 8.89. The smallest absolute Gasteiger partial charge is 0.292 e. The fourth-order valence-corrected chi connectivity index (χ4v) is 3.45. The molecule has 1 aliphatic heterocycles. The first kappa shape index (κ1) is 18.8. The third-order valence-corrected chi connectivity index (χ3v) is 4.85. The molecule has 0 spiro atoms. The molecule has 1 fully saturated rings. The van der Waals surface area contributed by atoms with Gasteiger partial charge >= 0.3 is 0 Å². The zero-order valence-electron chi connectivity index (χ0n) is 15.1. The van der Waals surface area contributed by atoms with Gasteiger partial charge in [-0.25, -0.2) is 0 Å². The summed E-state index contributed by atoms with van der Waals surface area (Å²) in [4.78, 5) is 25.0. The maximum absolute atomic E-state index is 12.3. The van der Waals surface area contributed by atoms with Gasteiger partial charge in [0.2, 0.25) is 5.91 Å². The Morgan fingerprint density at radius 1 is 1.30 bits per heavy atom. The number of anilines is 1. The van der Waals surface area contributed by atoms with Crippen molar-refractivity contribution in [3.8, 4) is 0 Å². The third-order valence-electron chi connectivity index (χ3n) is 4.85. The van der Waals surface area contributed by atoms with E-state index >= 15 is 0 Å². The highest BCUT2D eigenvalue weighted by atomic mass is 16.6. The highest BCUT2D eigenvalue weighted by Gasteiger charge is 2.27. The fraction of sp³-hybridized carbons (Fsp3) is 0.368. The van der Waals surface area contributed by atoms with Crippen molar-refractivity contribution >= 4 is 17.3 Å². The molecular weight excluding hydrogens is 348 g/mol. The Labute approximate surface area is 157 Å². The molecule has 8 heteroatoms. The van der Waals surface area contributed by atoms with E-state index < -0.39 is 4.92 Å². The summed E-state index contributed by atoms with van der Waals surface area (Å²) in [6.45, 7) is 3.38. The number of amides is 1. The van der Waals surface area contributed by atoms with Gasteiger partial charge in [-0.15, -0.1) is 0 Å². The second-order valence-corrected chi connectivity index (χ2v) is 6.83. The van der Waals surface area contributed by atoms with Crippen molar-refractivity contribution in [2.45, 2.75) is 25.7 Å². The molecule has 1 aromatic heterocycles. The number of nitrogens with one attached hydrogen (secondary N) is 1. The van der Waals surface area contributed by atoms with E-state index in [1.54, 1.807) is 18.2 Å². The van der Waals surface area contributed by atoms with Gasteiger partial charge in [0.1, 0.15) is 5.69 Å². The van der Waals surface area contributed by atoms with E-state index in [0.717, 1.165) is 28.8 Å². The van der Waals surface area contributed by atoms with Gasteiger partial charge in [0.15, 0.2) is 11.9 Å². The number of piperidine rings is 1. The number of hydrogen-bond donors (Lipinski definition) is 1. The summed E-state index contributed by atoms with van der Waals surface area (Å²) in [5.74, 6) is -0.0957. The van der Waals surface area contributed by atoms with Crippen LogP contribution in [0.15, 0.2) is 42.6 Å². The molecule has 0 atom stereocenters. The first-order chi connectivity index (χ1) is 12.9. The predicted molar refractivity (Wildman–Crippen MR) is 100 cm³/mol. The number of pyridine rings is 1. The van der Waals surface area contributed by atoms with Crippen LogP contribution >= 0.6 is 0 Å². The number of benzene rings is 1. The van der Waals surface area contributed by atoms with E-state index in [0.29, 0.717) is 13.1 Å². The number of carbonyl (C=O) groups is 1. The molecule has 1 amide bonds. The molecule has 142 valence electrons.